The van der Waals surface area contributed by atoms with Gasteiger partial charge in [0.25, 0.3) is 5.56 Å². The molecular weight excluding hydrogens is 514 g/mol. The van der Waals surface area contributed by atoms with Crippen LogP contribution in [0.4, 0.5) is 8.78 Å². The summed E-state index contributed by atoms with van der Waals surface area (Å²) in [5.74, 6) is -1.68. The summed E-state index contributed by atoms with van der Waals surface area (Å²) in [6.45, 7) is 3.06. The number of ether oxygens (including phenoxy) is 1. The van der Waals surface area contributed by atoms with Crippen LogP contribution in [-0.2, 0) is 16.3 Å². The molecule has 4 heterocycles. The highest BCUT2D eigenvalue weighted by Crippen LogP contribution is 2.27. The quantitative estimate of drug-likeness (QED) is 0.368. The van der Waals surface area contributed by atoms with E-state index in [1.54, 1.807) is 32.2 Å². The van der Waals surface area contributed by atoms with E-state index in [1.807, 2.05) is 0 Å². The van der Waals surface area contributed by atoms with E-state index in [2.05, 4.69) is 19.9 Å². The van der Waals surface area contributed by atoms with Gasteiger partial charge >= 0.3 is 0 Å². The maximum absolute atomic E-state index is 13.9. The molecule has 1 N–H and O–H groups in total. The van der Waals surface area contributed by atoms with Crippen molar-refractivity contribution in [2.45, 2.75) is 25.6 Å². The third kappa shape index (κ3) is 5.09. The zero-order valence-corrected chi connectivity index (χ0v) is 20.8. The number of nitrogens with one attached hydrogen (secondary N) is 1. The van der Waals surface area contributed by atoms with Crippen molar-refractivity contribution < 1.29 is 17.7 Å². The molecule has 0 aliphatic carbocycles. The number of hydrogen-bond donors (Lipinski definition) is 1. The smallest absolute Gasteiger partial charge is 0.277 e. The van der Waals surface area contributed by atoms with Crippen LogP contribution >= 0.6 is 11.6 Å². The Bertz CT molecular complexity index is 1660. The van der Waals surface area contributed by atoms with Crippen molar-refractivity contribution in [1.82, 2.24) is 24.5 Å². The van der Waals surface area contributed by atoms with Gasteiger partial charge in [-0.1, -0.05) is 11.6 Å². The average molecular weight is 533 g/mol. The first-order chi connectivity index (χ1) is 17.0. The molecule has 4 rings (SSSR count). The van der Waals surface area contributed by atoms with Crippen LogP contribution in [0.1, 0.15) is 17.0 Å². The van der Waals surface area contributed by atoms with Crippen molar-refractivity contribution in [1.29, 1.82) is 4.78 Å². The normalized spacial score (nSPS) is 12.8. The Labute approximate surface area is 209 Å². The van der Waals surface area contributed by atoms with E-state index in [1.165, 1.54) is 23.1 Å². The maximum atomic E-state index is 13.9. The van der Waals surface area contributed by atoms with E-state index in [-0.39, 0.29) is 28.2 Å². The highest BCUT2D eigenvalue weighted by Gasteiger charge is 2.18. The van der Waals surface area contributed by atoms with Gasteiger partial charge in [-0.15, -0.1) is 0 Å². The molecule has 1 atom stereocenters. The minimum absolute atomic E-state index is 0.0152. The molecule has 0 saturated carbocycles. The summed E-state index contributed by atoms with van der Waals surface area (Å²) < 4.78 is 53.6. The van der Waals surface area contributed by atoms with Gasteiger partial charge in [-0.05, 0) is 31.5 Å². The summed E-state index contributed by atoms with van der Waals surface area (Å²) in [5.41, 5.74) is 1.53. The number of hydrogen-bond acceptors (Lipinski definition) is 8. The standard InChI is InChI=1S/C23H19ClF2N6O3S/c1-12-9-29-17(16-4-5-28-23(31-16)36(3,27)34)8-19(12)32-13(2)6-20(21(24)22(32)33)35-11-18-15(26)7-14(25)10-30-18/h4-10,27H,11H2,1-3H3. The second-order valence-corrected chi connectivity index (χ2v) is 10.3. The second kappa shape index (κ2) is 9.70. The van der Waals surface area contributed by atoms with Gasteiger partial charge in [0.1, 0.15) is 38.6 Å². The molecule has 9 nitrogen and oxygen atoms in total. The topological polar surface area (TPSA) is 124 Å². The maximum Gasteiger partial charge on any atom is 0.277 e. The summed E-state index contributed by atoms with van der Waals surface area (Å²) in [6, 6.07) is 5.37. The van der Waals surface area contributed by atoms with Crippen molar-refractivity contribution in [3.63, 3.8) is 0 Å². The van der Waals surface area contributed by atoms with E-state index in [4.69, 9.17) is 21.1 Å². The first kappa shape index (κ1) is 25.3. The number of pyridine rings is 3. The van der Waals surface area contributed by atoms with E-state index >= 15 is 0 Å². The Morgan fingerprint density at radius 1 is 1.11 bits per heavy atom. The predicted molar refractivity (Wildman–Crippen MR) is 129 cm³/mol. The van der Waals surface area contributed by atoms with E-state index in [0.717, 1.165) is 6.20 Å². The summed E-state index contributed by atoms with van der Waals surface area (Å²) >= 11 is 6.31. The molecule has 186 valence electrons. The summed E-state index contributed by atoms with van der Waals surface area (Å²) in [7, 11) is -3.14. The Morgan fingerprint density at radius 2 is 1.86 bits per heavy atom. The fraction of sp³-hybridized carbons (Fsp3) is 0.174. The van der Waals surface area contributed by atoms with Crippen LogP contribution in [0.15, 0.2) is 52.8 Å². The van der Waals surface area contributed by atoms with Crippen molar-refractivity contribution in [3.8, 4) is 22.8 Å². The van der Waals surface area contributed by atoms with Crippen LogP contribution < -0.4 is 10.3 Å². The zero-order chi connectivity index (χ0) is 26.2. The fourth-order valence-electron chi connectivity index (χ4n) is 3.35. The van der Waals surface area contributed by atoms with Crippen LogP contribution in [-0.4, -0.2) is 35.0 Å². The van der Waals surface area contributed by atoms with Crippen LogP contribution in [0, 0.1) is 30.3 Å². The summed E-state index contributed by atoms with van der Waals surface area (Å²) in [5, 5.41) is -0.376. The first-order valence-electron chi connectivity index (χ1n) is 10.3. The number of nitrogens with zero attached hydrogens (tertiary/aromatic N) is 5. The molecule has 0 amide bonds. The minimum Gasteiger partial charge on any atom is -0.485 e. The van der Waals surface area contributed by atoms with Crippen molar-refractivity contribution in [2.75, 3.05) is 6.26 Å². The highest BCUT2D eigenvalue weighted by atomic mass is 35.5. The average Bonchev–Trinajstić information content (AvgIpc) is 2.82. The van der Waals surface area contributed by atoms with Gasteiger partial charge in [-0.25, -0.2) is 27.7 Å². The number of aromatic nitrogens is 5. The zero-order valence-electron chi connectivity index (χ0n) is 19.3. The lowest BCUT2D eigenvalue weighted by atomic mass is 10.1. The summed E-state index contributed by atoms with van der Waals surface area (Å²) in [4.78, 5) is 29.3. The van der Waals surface area contributed by atoms with Gasteiger partial charge in [-0.3, -0.25) is 19.3 Å². The molecule has 4 aromatic rings. The van der Waals surface area contributed by atoms with Crippen molar-refractivity contribution in [2.24, 2.45) is 0 Å². The van der Waals surface area contributed by atoms with Gasteiger partial charge in [0, 0.05) is 36.5 Å². The third-order valence-corrected chi connectivity index (χ3v) is 6.35. The van der Waals surface area contributed by atoms with E-state index < -0.39 is 26.9 Å². The second-order valence-electron chi connectivity index (χ2n) is 7.90. The van der Waals surface area contributed by atoms with Gasteiger partial charge in [0.05, 0.1) is 23.3 Å². The molecule has 0 spiro atoms. The molecule has 13 heteroatoms. The third-order valence-electron chi connectivity index (χ3n) is 5.11. The van der Waals surface area contributed by atoms with Crippen LogP contribution in [0.2, 0.25) is 5.02 Å². The molecule has 0 radical (unpaired) electrons. The van der Waals surface area contributed by atoms with Crippen LogP contribution in [0.5, 0.6) is 5.75 Å². The molecule has 0 aliphatic rings. The first-order valence-corrected chi connectivity index (χ1v) is 12.7. The van der Waals surface area contributed by atoms with Gasteiger partial charge in [0.15, 0.2) is 5.82 Å². The predicted octanol–water partition coefficient (Wildman–Crippen LogP) is 4.25. The highest BCUT2D eigenvalue weighted by molar-refractivity contribution is 7.91. The lowest BCUT2D eigenvalue weighted by molar-refractivity contribution is 0.292. The van der Waals surface area contributed by atoms with Crippen LogP contribution in [0.3, 0.4) is 0 Å². The minimum atomic E-state index is -3.14. The van der Waals surface area contributed by atoms with Gasteiger partial charge in [-0.2, -0.15) is 0 Å². The Morgan fingerprint density at radius 3 is 2.56 bits per heavy atom. The van der Waals surface area contributed by atoms with Crippen molar-refractivity contribution in [3.05, 3.63) is 86.8 Å². The van der Waals surface area contributed by atoms with Gasteiger partial charge in [0.2, 0.25) is 5.16 Å². The number of halogens is 3. The number of aryl methyl sites for hydroxylation is 2. The van der Waals surface area contributed by atoms with E-state index in [9.17, 15) is 17.8 Å². The molecule has 4 aromatic heterocycles. The van der Waals surface area contributed by atoms with Crippen molar-refractivity contribution >= 4 is 21.3 Å². The lowest BCUT2D eigenvalue weighted by Crippen LogP contribution is -2.23. The molecule has 0 saturated heterocycles. The molecule has 0 aromatic carbocycles. The molecule has 36 heavy (non-hydrogen) atoms. The largest absolute Gasteiger partial charge is 0.485 e. The van der Waals surface area contributed by atoms with E-state index in [0.29, 0.717) is 34.4 Å². The molecule has 1 unspecified atom stereocenters. The molecule has 0 aliphatic heterocycles. The molecule has 0 bridgehead atoms. The monoisotopic (exact) mass is 532 g/mol. The van der Waals surface area contributed by atoms with Gasteiger partial charge < -0.3 is 4.74 Å². The lowest BCUT2D eigenvalue weighted by Gasteiger charge is -2.16. The van der Waals surface area contributed by atoms with Crippen LogP contribution in [0.25, 0.3) is 17.1 Å². The molecular formula is C23H19ClF2N6O3S. The number of rotatable bonds is 6. The Hall–Kier alpha value is -3.77. The molecule has 0 fully saturated rings. The summed E-state index contributed by atoms with van der Waals surface area (Å²) in [6.07, 6.45) is 5.01. The SMILES string of the molecule is Cc1cnc(-c2ccnc(S(C)(=N)=O)n2)cc1-n1c(C)cc(OCc2ncc(F)cc2F)c(Cl)c1=O. The fourth-order valence-corrected chi connectivity index (χ4v) is 4.07. The Kier molecular flexibility index (Phi) is 6.83. The Balaban J connectivity index is 1.73.